The predicted octanol–water partition coefficient (Wildman–Crippen LogP) is 3.47. The fourth-order valence-electron chi connectivity index (χ4n) is 2.60. The molecule has 1 amide bonds. The average Bonchev–Trinajstić information content (AvgIpc) is 3.19. The van der Waals surface area contributed by atoms with E-state index in [1.54, 1.807) is 18.3 Å². The lowest BCUT2D eigenvalue weighted by Gasteiger charge is -2.04. The molecule has 0 unspecified atom stereocenters. The molecule has 2 aromatic heterocycles. The Morgan fingerprint density at radius 1 is 1.28 bits per heavy atom. The van der Waals surface area contributed by atoms with Crippen LogP contribution < -0.4 is 16.6 Å². The lowest BCUT2D eigenvalue weighted by Crippen LogP contribution is -2.25. The number of fused-ring (bicyclic) bond motifs is 1. The van der Waals surface area contributed by atoms with Crippen molar-refractivity contribution in [1.29, 1.82) is 0 Å². The molecule has 0 bridgehead atoms. The number of aryl methyl sites for hydroxylation is 1. The summed E-state index contributed by atoms with van der Waals surface area (Å²) in [7, 11) is 0. The number of H-pyrrole nitrogens is 2. The Labute approximate surface area is 188 Å². The minimum Gasteiger partial charge on any atom is -0.481 e. The largest absolute Gasteiger partial charge is 0.481 e. The third kappa shape index (κ3) is 9.46. The number of aromatic nitrogens is 3. The third-order valence-electron chi connectivity index (χ3n) is 3.97. The number of carbonyl (C=O) groups excluding carboxylic acids is 1. The van der Waals surface area contributed by atoms with Gasteiger partial charge in [0.1, 0.15) is 5.65 Å². The molecule has 0 aliphatic heterocycles. The topological polar surface area (TPSA) is 154 Å². The number of nitrogens with one attached hydrogen (secondary N) is 3. The number of allylic oxidation sites excluding steroid dienone is 3. The van der Waals surface area contributed by atoms with Crippen molar-refractivity contribution in [2.24, 2.45) is 0 Å². The Morgan fingerprint density at radius 3 is 2.59 bits per heavy atom. The van der Waals surface area contributed by atoms with Crippen LogP contribution in [-0.2, 0) is 16.0 Å². The Bertz CT molecular complexity index is 986. The standard InChI is InChI=1S/C19H23N5O4.2C2H6/c1-2-12(17(27)21-10-6-9-14(25)26)7-4-3-5-8-13-11-22-16-15(13)18(28)24-19(20)23-16;2*1-2/h2-4,7,11H,1,5-6,8-10H2,(H,21,27)(H,25,26)(H4,20,22,23,24,28);2*1-2H3/b4-3+,12-7+;;. The van der Waals surface area contributed by atoms with Crippen molar-refractivity contribution in [3.8, 4) is 0 Å². The van der Waals surface area contributed by atoms with Gasteiger partial charge in [-0.3, -0.25) is 19.4 Å². The van der Waals surface area contributed by atoms with E-state index in [0.717, 1.165) is 5.56 Å². The van der Waals surface area contributed by atoms with E-state index in [2.05, 4.69) is 26.8 Å². The summed E-state index contributed by atoms with van der Waals surface area (Å²) in [6.07, 6.45) is 10.0. The van der Waals surface area contributed by atoms with E-state index in [-0.39, 0.29) is 30.4 Å². The van der Waals surface area contributed by atoms with E-state index >= 15 is 0 Å². The maximum Gasteiger partial charge on any atom is 0.303 e. The van der Waals surface area contributed by atoms with E-state index < -0.39 is 5.97 Å². The molecular formula is C23H35N5O4. The van der Waals surface area contributed by atoms with Crippen LogP contribution in [0.2, 0.25) is 0 Å². The first kappa shape index (κ1) is 28.4. The SMILES string of the molecule is C=C/C(=C\C=C\CCc1c[nH]c2nc(N)[nH]c(=O)c12)C(=O)NCCCC(=O)O.CC.CC. The zero-order valence-corrected chi connectivity index (χ0v) is 19.3. The number of nitrogens with zero attached hydrogens (tertiary/aromatic N) is 1. The molecule has 2 heterocycles. The van der Waals surface area contributed by atoms with E-state index in [9.17, 15) is 14.4 Å². The number of carboxylic acid groups (broad SMARTS) is 1. The number of aromatic amines is 2. The molecule has 0 spiro atoms. The molecule has 0 fully saturated rings. The normalized spacial score (nSPS) is 10.7. The van der Waals surface area contributed by atoms with Crippen LogP contribution in [-0.4, -0.2) is 38.5 Å². The maximum absolute atomic E-state index is 12.0. The smallest absolute Gasteiger partial charge is 0.303 e. The van der Waals surface area contributed by atoms with Gasteiger partial charge in [0.25, 0.3) is 11.5 Å². The number of aliphatic carboxylic acids is 1. The first-order valence-electron chi connectivity index (χ1n) is 10.8. The fourth-order valence-corrected chi connectivity index (χ4v) is 2.60. The predicted molar refractivity (Wildman–Crippen MR) is 129 cm³/mol. The van der Waals surface area contributed by atoms with Crippen LogP contribution in [0.25, 0.3) is 11.0 Å². The van der Waals surface area contributed by atoms with Crippen molar-refractivity contribution in [3.63, 3.8) is 0 Å². The Balaban J connectivity index is 0.00000227. The van der Waals surface area contributed by atoms with Gasteiger partial charge in [-0.2, -0.15) is 4.98 Å². The summed E-state index contributed by atoms with van der Waals surface area (Å²) in [4.78, 5) is 43.9. The third-order valence-corrected chi connectivity index (χ3v) is 3.97. The van der Waals surface area contributed by atoms with Crippen LogP contribution in [0.5, 0.6) is 0 Å². The van der Waals surface area contributed by atoms with E-state index in [1.807, 2.05) is 33.8 Å². The van der Waals surface area contributed by atoms with Crippen molar-refractivity contribution in [2.45, 2.75) is 53.4 Å². The van der Waals surface area contributed by atoms with E-state index in [0.29, 0.717) is 35.9 Å². The van der Waals surface area contributed by atoms with Crippen LogP contribution in [0.1, 0.15) is 52.5 Å². The van der Waals surface area contributed by atoms with Gasteiger partial charge >= 0.3 is 5.97 Å². The fraction of sp³-hybridized carbons (Fsp3) is 0.391. The molecule has 0 aromatic carbocycles. The summed E-state index contributed by atoms with van der Waals surface area (Å²) in [6.45, 7) is 11.9. The highest BCUT2D eigenvalue weighted by Crippen LogP contribution is 2.14. The quantitative estimate of drug-likeness (QED) is 0.214. The molecular weight excluding hydrogens is 410 g/mol. The molecule has 2 rings (SSSR count). The molecule has 0 atom stereocenters. The average molecular weight is 446 g/mol. The minimum absolute atomic E-state index is 0.00606. The van der Waals surface area contributed by atoms with E-state index in [4.69, 9.17) is 10.8 Å². The second-order valence-electron chi connectivity index (χ2n) is 6.03. The van der Waals surface area contributed by atoms with E-state index in [1.165, 1.54) is 6.08 Å². The van der Waals surface area contributed by atoms with Gasteiger partial charge in [0.05, 0.1) is 5.39 Å². The number of hydrogen-bond acceptors (Lipinski definition) is 5. The van der Waals surface area contributed by atoms with Crippen LogP contribution in [0.15, 0.2) is 47.4 Å². The number of rotatable bonds is 10. The number of anilines is 1. The number of carboxylic acids is 1. The van der Waals surface area contributed by atoms with Gasteiger partial charge in [-0.05, 0) is 30.9 Å². The lowest BCUT2D eigenvalue weighted by atomic mass is 10.1. The summed E-state index contributed by atoms with van der Waals surface area (Å²) in [5.74, 6) is -1.14. The summed E-state index contributed by atoms with van der Waals surface area (Å²) in [6, 6.07) is 0. The van der Waals surface area contributed by atoms with Crippen LogP contribution in [0.3, 0.4) is 0 Å². The molecule has 0 radical (unpaired) electrons. The Hall–Kier alpha value is -3.62. The Morgan fingerprint density at radius 2 is 1.97 bits per heavy atom. The molecule has 0 saturated carbocycles. The van der Waals surface area contributed by atoms with Gasteiger partial charge < -0.3 is 21.1 Å². The zero-order chi connectivity index (χ0) is 24.5. The molecule has 2 aromatic rings. The lowest BCUT2D eigenvalue weighted by molar-refractivity contribution is -0.137. The summed E-state index contributed by atoms with van der Waals surface area (Å²) in [5.41, 5.74) is 6.91. The van der Waals surface area contributed by atoms with Crippen LogP contribution in [0, 0.1) is 0 Å². The highest BCUT2D eigenvalue weighted by atomic mass is 16.4. The zero-order valence-electron chi connectivity index (χ0n) is 19.3. The van der Waals surface area contributed by atoms with Gasteiger partial charge in [0.15, 0.2) is 0 Å². The molecule has 32 heavy (non-hydrogen) atoms. The van der Waals surface area contributed by atoms with Gasteiger partial charge in [0.2, 0.25) is 5.95 Å². The number of carbonyl (C=O) groups is 2. The second-order valence-corrected chi connectivity index (χ2v) is 6.03. The van der Waals surface area contributed by atoms with Crippen molar-refractivity contribution in [2.75, 3.05) is 12.3 Å². The highest BCUT2D eigenvalue weighted by molar-refractivity contribution is 5.96. The van der Waals surface area contributed by atoms with Gasteiger partial charge in [-0.1, -0.05) is 52.5 Å². The van der Waals surface area contributed by atoms with Crippen molar-refractivity contribution >= 4 is 28.9 Å². The van der Waals surface area contributed by atoms with Crippen LogP contribution >= 0.6 is 0 Å². The van der Waals surface area contributed by atoms with Crippen molar-refractivity contribution in [3.05, 3.63) is 58.6 Å². The Kier molecular flexibility index (Phi) is 14.3. The molecule has 9 nitrogen and oxygen atoms in total. The van der Waals surface area contributed by atoms with Crippen LogP contribution in [0.4, 0.5) is 5.95 Å². The molecule has 176 valence electrons. The number of nitrogens with two attached hydrogens (primary N) is 1. The van der Waals surface area contributed by atoms with Crippen molar-refractivity contribution in [1.82, 2.24) is 20.3 Å². The number of amides is 1. The monoisotopic (exact) mass is 445 g/mol. The number of hydrogen-bond donors (Lipinski definition) is 5. The van der Waals surface area contributed by atoms with Gasteiger partial charge in [-0.25, -0.2) is 0 Å². The number of nitrogen functional groups attached to an aromatic ring is 1. The summed E-state index contributed by atoms with van der Waals surface area (Å²) < 4.78 is 0. The molecule has 0 aliphatic carbocycles. The summed E-state index contributed by atoms with van der Waals surface area (Å²) in [5, 5.41) is 11.7. The van der Waals surface area contributed by atoms with Gasteiger partial charge in [0, 0.05) is 24.7 Å². The highest BCUT2D eigenvalue weighted by Gasteiger charge is 2.09. The maximum atomic E-state index is 12.0. The molecule has 0 aliphatic rings. The molecule has 0 saturated heterocycles. The molecule has 9 heteroatoms. The minimum atomic E-state index is -0.895. The van der Waals surface area contributed by atoms with Gasteiger partial charge in [-0.15, -0.1) is 0 Å². The first-order valence-corrected chi connectivity index (χ1v) is 10.8. The second kappa shape index (κ2) is 16.1. The first-order chi connectivity index (χ1) is 15.4. The molecule has 6 N–H and O–H groups in total. The van der Waals surface area contributed by atoms with Crippen molar-refractivity contribution < 1.29 is 14.7 Å². The summed E-state index contributed by atoms with van der Waals surface area (Å²) >= 11 is 0.